The van der Waals surface area contributed by atoms with E-state index in [2.05, 4.69) is 6.07 Å². The Morgan fingerprint density at radius 3 is 2.59 bits per heavy atom. The molecule has 2 nitrogen and oxygen atoms in total. The molecule has 2 aromatic carbocycles. The number of hydrogen-bond acceptors (Lipinski definition) is 2. The van der Waals surface area contributed by atoms with Crippen LogP contribution in [0.3, 0.4) is 0 Å². The minimum absolute atomic E-state index is 0.0640. The molecule has 0 aliphatic rings. The summed E-state index contributed by atoms with van der Waals surface area (Å²) in [6, 6.07) is 16.0. The fourth-order valence-electron chi connectivity index (χ4n) is 1.88. The van der Waals surface area contributed by atoms with Crippen molar-refractivity contribution < 1.29 is 9.90 Å². The second-order valence-electron chi connectivity index (χ2n) is 3.95. The van der Waals surface area contributed by atoms with Crippen LogP contribution in [0, 0.1) is 6.07 Å². The van der Waals surface area contributed by atoms with E-state index in [0.29, 0.717) is 12.0 Å². The molecule has 0 aliphatic heterocycles. The number of carbonyl (C=O) groups is 1. The molecule has 0 heterocycles. The number of Topliss-reactive ketones (excluding diaryl/α,β-unsaturated/α-hetero) is 1. The van der Waals surface area contributed by atoms with E-state index >= 15 is 0 Å². The van der Waals surface area contributed by atoms with Gasteiger partial charge in [-0.3, -0.25) is 4.79 Å². The van der Waals surface area contributed by atoms with Crippen LogP contribution in [0.5, 0.6) is 5.75 Å². The first-order valence-corrected chi connectivity index (χ1v) is 5.46. The van der Waals surface area contributed by atoms with Gasteiger partial charge in [-0.15, -0.1) is 0 Å². The van der Waals surface area contributed by atoms with Gasteiger partial charge in [0.2, 0.25) is 0 Å². The number of phenols is 1. The Hall–Kier alpha value is -2.09. The number of ketones is 1. The quantitative estimate of drug-likeness (QED) is 0.815. The third-order valence-electron chi connectivity index (χ3n) is 2.65. The molecule has 0 fully saturated rings. The molecule has 17 heavy (non-hydrogen) atoms. The second-order valence-corrected chi connectivity index (χ2v) is 3.95. The zero-order chi connectivity index (χ0) is 12.3. The Balaban J connectivity index is 2.40. The lowest BCUT2D eigenvalue weighted by atomic mass is 9.97. The lowest BCUT2D eigenvalue weighted by Crippen LogP contribution is -2.01. The van der Waals surface area contributed by atoms with Gasteiger partial charge < -0.3 is 5.11 Å². The largest absolute Gasteiger partial charge is 0.507 e. The number of phenolic OH excluding ortho intramolecular Hbond substituents is 1. The first-order valence-electron chi connectivity index (χ1n) is 5.46. The maximum atomic E-state index is 11.5. The average molecular weight is 225 g/mol. The molecule has 0 saturated heterocycles. The van der Waals surface area contributed by atoms with Gasteiger partial charge in [0.15, 0.2) is 5.78 Å². The van der Waals surface area contributed by atoms with Gasteiger partial charge in [-0.2, -0.15) is 0 Å². The molecule has 0 atom stereocenters. The highest BCUT2D eigenvalue weighted by molar-refractivity contribution is 5.98. The van der Waals surface area contributed by atoms with Crippen molar-refractivity contribution in [3.8, 4) is 5.75 Å². The molecule has 2 heteroatoms. The molecule has 0 saturated carbocycles. The molecule has 2 aromatic rings. The summed E-state index contributed by atoms with van der Waals surface area (Å²) in [7, 11) is 0. The van der Waals surface area contributed by atoms with Crippen LogP contribution in [0.4, 0.5) is 0 Å². The molecule has 0 aliphatic carbocycles. The van der Waals surface area contributed by atoms with Gasteiger partial charge in [-0.25, -0.2) is 0 Å². The highest BCUT2D eigenvalue weighted by Crippen LogP contribution is 2.23. The Kier molecular flexibility index (Phi) is 3.24. The van der Waals surface area contributed by atoms with Crippen LogP contribution in [0.15, 0.2) is 42.5 Å². The first kappa shape index (κ1) is 11.4. The highest BCUT2D eigenvalue weighted by Gasteiger charge is 2.12. The summed E-state index contributed by atoms with van der Waals surface area (Å²) in [4.78, 5) is 11.5. The van der Waals surface area contributed by atoms with Gasteiger partial charge in [-0.1, -0.05) is 42.5 Å². The van der Waals surface area contributed by atoms with E-state index in [4.69, 9.17) is 0 Å². The van der Waals surface area contributed by atoms with Gasteiger partial charge >= 0.3 is 0 Å². The number of benzene rings is 2. The van der Waals surface area contributed by atoms with Crippen LogP contribution in [-0.2, 0) is 6.42 Å². The zero-order valence-electron chi connectivity index (χ0n) is 9.60. The number of rotatable bonds is 3. The maximum absolute atomic E-state index is 11.5. The molecule has 0 amide bonds. The minimum atomic E-state index is -0.134. The summed E-state index contributed by atoms with van der Waals surface area (Å²) in [5, 5.41) is 9.66. The van der Waals surface area contributed by atoms with Crippen molar-refractivity contribution in [3.63, 3.8) is 0 Å². The summed E-state index contributed by atoms with van der Waals surface area (Å²) >= 11 is 0. The standard InChI is InChI=1S/C15H13O2/c1-11(16)15-13(8-5-9-14(15)17)10-12-6-3-2-4-7-12/h2-8,17H,10H2,1H3. The lowest BCUT2D eigenvalue weighted by Gasteiger charge is -2.08. The normalized spacial score (nSPS) is 10.2. The molecule has 0 unspecified atom stereocenters. The zero-order valence-corrected chi connectivity index (χ0v) is 9.60. The van der Waals surface area contributed by atoms with E-state index in [9.17, 15) is 9.90 Å². The van der Waals surface area contributed by atoms with E-state index in [-0.39, 0.29) is 11.5 Å². The summed E-state index contributed by atoms with van der Waals surface area (Å²) in [5.74, 6) is -0.198. The fraction of sp³-hybridized carbons (Fsp3) is 0.133. The molecule has 0 bridgehead atoms. The van der Waals surface area contributed by atoms with Crippen molar-refractivity contribution in [1.82, 2.24) is 0 Å². The van der Waals surface area contributed by atoms with Crippen LogP contribution in [0.2, 0.25) is 0 Å². The molecular weight excluding hydrogens is 212 g/mol. The molecule has 1 N–H and O–H groups in total. The van der Waals surface area contributed by atoms with Crippen molar-refractivity contribution in [2.24, 2.45) is 0 Å². The molecular formula is C15H13O2. The third kappa shape index (κ3) is 2.53. The van der Waals surface area contributed by atoms with Crippen LogP contribution < -0.4 is 0 Å². The Morgan fingerprint density at radius 1 is 1.24 bits per heavy atom. The molecule has 0 aromatic heterocycles. The summed E-state index contributed by atoms with van der Waals surface area (Å²) in [5.41, 5.74) is 2.32. The predicted octanol–water partition coefficient (Wildman–Crippen LogP) is 2.99. The molecule has 2 rings (SSSR count). The fourth-order valence-corrected chi connectivity index (χ4v) is 1.88. The Labute approximate surface area is 101 Å². The van der Waals surface area contributed by atoms with Crippen LogP contribution in [-0.4, -0.2) is 10.9 Å². The summed E-state index contributed by atoms with van der Waals surface area (Å²) in [6.45, 7) is 1.46. The Morgan fingerprint density at radius 2 is 1.94 bits per heavy atom. The predicted molar refractivity (Wildman–Crippen MR) is 66.2 cm³/mol. The van der Waals surface area contributed by atoms with Crippen molar-refractivity contribution in [2.75, 3.05) is 0 Å². The van der Waals surface area contributed by atoms with Crippen molar-refractivity contribution >= 4 is 5.78 Å². The van der Waals surface area contributed by atoms with E-state index in [1.165, 1.54) is 6.92 Å². The first-order chi connectivity index (χ1) is 8.18. The molecule has 0 spiro atoms. The van der Waals surface area contributed by atoms with Gasteiger partial charge in [0, 0.05) is 6.07 Å². The van der Waals surface area contributed by atoms with Gasteiger partial charge in [0.25, 0.3) is 0 Å². The topological polar surface area (TPSA) is 37.3 Å². The van der Waals surface area contributed by atoms with Crippen LogP contribution in [0.1, 0.15) is 28.4 Å². The molecule has 85 valence electrons. The van der Waals surface area contributed by atoms with Gasteiger partial charge in [-0.05, 0) is 24.5 Å². The van der Waals surface area contributed by atoms with Gasteiger partial charge in [0.05, 0.1) is 5.56 Å². The summed E-state index contributed by atoms with van der Waals surface area (Å²) < 4.78 is 0. The van der Waals surface area contributed by atoms with Crippen LogP contribution >= 0.6 is 0 Å². The average Bonchev–Trinajstić information content (AvgIpc) is 2.30. The van der Waals surface area contributed by atoms with Crippen molar-refractivity contribution in [1.29, 1.82) is 0 Å². The summed E-state index contributed by atoms with van der Waals surface area (Å²) in [6.07, 6.45) is 0.637. The lowest BCUT2D eigenvalue weighted by molar-refractivity contribution is 0.101. The second kappa shape index (κ2) is 4.83. The van der Waals surface area contributed by atoms with E-state index < -0.39 is 0 Å². The number of hydrogen-bond donors (Lipinski definition) is 1. The van der Waals surface area contributed by atoms with Crippen molar-refractivity contribution in [3.05, 3.63) is 65.2 Å². The number of carbonyl (C=O) groups excluding carboxylic acids is 1. The highest BCUT2D eigenvalue weighted by atomic mass is 16.3. The van der Waals surface area contributed by atoms with Crippen molar-refractivity contribution in [2.45, 2.75) is 13.3 Å². The van der Waals surface area contributed by atoms with Gasteiger partial charge in [0.1, 0.15) is 5.75 Å². The SMILES string of the molecule is CC(=O)c1c(O)[c]ccc1Cc1ccccc1. The van der Waals surface area contributed by atoms with Crippen LogP contribution in [0.25, 0.3) is 0 Å². The van der Waals surface area contributed by atoms with E-state index in [0.717, 1.165) is 11.1 Å². The van der Waals surface area contributed by atoms with E-state index in [1.54, 1.807) is 6.07 Å². The number of aromatic hydroxyl groups is 1. The molecule has 1 radical (unpaired) electrons. The minimum Gasteiger partial charge on any atom is -0.507 e. The van der Waals surface area contributed by atoms with E-state index in [1.807, 2.05) is 36.4 Å². The monoisotopic (exact) mass is 225 g/mol. The Bertz CT molecular complexity index is 530. The maximum Gasteiger partial charge on any atom is 0.163 e. The smallest absolute Gasteiger partial charge is 0.163 e. The third-order valence-corrected chi connectivity index (χ3v) is 2.65.